The van der Waals surface area contributed by atoms with Crippen LogP contribution in [-0.4, -0.2) is 72.8 Å². The summed E-state index contributed by atoms with van der Waals surface area (Å²) in [5.41, 5.74) is -0.812. The van der Waals surface area contributed by atoms with Gasteiger partial charge in [0.2, 0.25) is 5.91 Å². The molecule has 3 atom stereocenters. The van der Waals surface area contributed by atoms with Gasteiger partial charge in [-0.15, -0.1) is 0 Å². The average molecular weight is 473 g/mol. The van der Waals surface area contributed by atoms with E-state index in [1.807, 2.05) is 0 Å². The van der Waals surface area contributed by atoms with Crippen molar-refractivity contribution in [3.05, 3.63) is 35.4 Å². The summed E-state index contributed by atoms with van der Waals surface area (Å²) >= 11 is 0. The number of nitrogens with one attached hydrogen (secondary N) is 1. The van der Waals surface area contributed by atoms with E-state index in [1.54, 1.807) is 32.6 Å². The number of aliphatic hydroxyl groups excluding tert-OH is 1. The van der Waals surface area contributed by atoms with Gasteiger partial charge in [-0.25, -0.2) is 13.6 Å². The second-order valence-corrected chi connectivity index (χ2v) is 8.67. The number of hydrogen-bond acceptors (Lipinski definition) is 6. The zero-order valence-corrected chi connectivity index (χ0v) is 20.0. The maximum absolute atomic E-state index is 13.3. The van der Waals surface area contributed by atoms with Crippen LogP contribution in [-0.2, 0) is 14.3 Å². The van der Waals surface area contributed by atoms with Gasteiger partial charge < -0.3 is 24.8 Å². The first-order chi connectivity index (χ1) is 15.4. The van der Waals surface area contributed by atoms with Crippen LogP contribution in [0.1, 0.15) is 50.9 Å². The van der Waals surface area contributed by atoms with Crippen LogP contribution in [0.25, 0.3) is 0 Å². The fourth-order valence-corrected chi connectivity index (χ4v) is 3.67. The molecule has 1 aliphatic heterocycles. The first-order valence-corrected chi connectivity index (χ1v) is 10.7. The Bertz CT molecular complexity index is 807. The first kappa shape index (κ1) is 28.4. The Labute approximate surface area is 193 Å². The smallest absolute Gasteiger partial charge is 0.410 e. The van der Waals surface area contributed by atoms with Gasteiger partial charge in [0.05, 0.1) is 24.6 Å². The van der Waals surface area contributed by atoms with Crippen LogP contribution < -0.4 is 5.32 Å². The molecule has 2 N–H and O–H groups in total. The van der Waals surface area contributed by atoms with Gasteiger partial charge in [0.25, 0.3) is 0 Å². The van der Waals surface area contributed by atoms with Crippen LogP contribution in [0, 0.1) is 17.6 Å². The maximum Gasteiger partial charge on any atom is 0.410 e. The Balaban J connectivity index is 0.00000265. The number of halogens is 2. The summed E-state index contributed by atoms with van der Waals surface area (Å²) in [4.78, 5) is 39.0. The average Bonchev–Trinajstić information content (AvgIpc) is 3.21. The molecule has 2 rings (SSSR count). The van der Waals surface area contributed by atoms with Crippen LogP contribution in [0.5, 0.6) is 0 Å². The van der Waals surface area contributed by atoms with Crippen molar-refractivity contribution in [1.29, 1.82) is 0 Å². The third-order valence-electron chi connectivity index (χ3n) is 5.09. The van der Waals surface area contributed by atoms with Crippen LogP contribution in [0.4, 0.5) is 13.6 Å². The molecule has 3 unspecified atom stereocenters. The molecule has 1 aliphatic rings. The summed E-state index contributed by atoms with van der Waals surface area (Å²) in [5.74, 6) is -3.51. The van der Waals surface area contributed by atoms with Gasteiger partial charge in [0, 0.05) is 32.4 Å². The Kier molecular flexibility index (Phi) is 10.9. The monoisotopic (exact) mass is 472 g/mol. The fourth-order valence-electron chi connectivity index (χ4n) is 3.67. The molecule has 1 saturated heterocycles. The molecule has 0 spiro atoms. The molecule has 0 radical (unpaired) electrons. The van der Waals surface area contributed by atoms with Gasteiger partial charge in [-0.1, -0.05) is 6.92 Å². The Morgan fingerprint density at radius 1 is 1.18 bits per heavy atom. The van der Waals surface area contributed by atoms with Crippen molar-refractivity contribution in [1.82, 2.24) is 10.2 Å². The highest BCUT2D eigenvalue weighted by molar-refractivity contribution is 5.99. The highest BCUT2D eigenvalue weighted by atomic mass is 19.1. The van der Waals surface area contributed by atoms with Gasteiger partial charge in [-0.3, -0.25) is 9.59 Å². The molecule has 10 heteroatoms. The minimum absolute atomic E-state index is 0.166. The van der Waals surface area contributed by atoms with E-state index in [4.69, 9.17) is 14.6 Å². The summed E-state index contributed by atoms with van der Waals surface area (Å²) in [5, 5.41) is 9.49. The van der Waals surface area contributed by atoms with Crippen molar-refractivity contribution in [3.8, 4) is 0 Å². The van der Waals surface area contributed by atoms with E-state index in [0.717, 1.165) is 25.7 Å². The molecule has 0 aliphatic carbocycles. The fraction of sp³-hybridized carbons (Fsp3) is 0.609. The number of hydrogen-bond donors (Lipinski definition) is 2. The lowest BCUT2D eigenvalue weighted by molar-refractivity contribution is -0.130. The highest BCUT2D eigenvalue weighted by Gasteiger charge is 2.41. The number of nitrogens with zero attached hydrogens (tertiary/aromatic N) is 1. The van der Waals surface area contributed by atoms with E-state index < -0.39 is 53.6 Å². The highest BCUT2D eigenvalue weighted by Crippen LogP contribution is 2.28. The molecule has 186 valence electrons. The van der Waals surface area contributed by atoms with Crippen LogP contribution in [0.15, 0.2) is 18.2 Å². The number of ketones is 1. The van der Waals surface area contributed by atoms with Crippen LogP contribution in [0.2, 0.25) is 0 Å². The second kappa shape index (κ2) is 12.6. The number of aliphatic hydroxyl groups is 1. The third-order valence-corrected chi connectivity index (χ3v) is 5.09. The molecule has 0 bridgehead atoms. The van der Waals surface area contributed by atoms with Crippen molar-refractivity contribution in [2.24, 2.45) is 5.92 Å². The number of methoxy groups -OCH3 is 1. The number of likely N-dealkylation sites (tertiary alicyclic amines) is 1. The number of amides is 2. The number of carbonyl (C=O) groups excluding carboxylic acids is 3. The van der Waals surface area contributed by atoms with E-state index in [0.29, 0.717) is 19.0 Å². The van der Waals surface area contributed by atoms with Gasteiger partial charge in [0.15, 0.2) is 5.78 Å². The lowest BCUT2D eigenvalue weighted by Gasteiger charge is -2.34. The van der Waals surface area contributed by atoms with Gasteiger partial charge >= 0.3 is 6.09 Å². The van der Waals surface area contributed by atoms with Crippen LogP contribution >= 0.6 is 0 Å². The standard InChI is InChI=1S/C22H30F2N2O5.CH4O/c1-13(20(28)25-12-18(27)14-9-15(23)11-16(24)10-14)19(30-5)17-7-6-8-26(17)21(29)31-22(2,3)4;1-2/h9-11,13,17,19H,6-8,12H2,1-5H3,(H,25,28);2H,1H3. The Morgan fingerprint density at radius 3 is 2.27 bits per heavy atom. The molecule has 1 aromatic carbocycles. The van der Waals surface area contributed by atoms with Crippen molar-refractivity contribution >= 4 is 17.8 Å². The molecule has 1 heterocycles. The van der Waals surface area contributed by atoms with E-state index in [9.17, 15) is 23.2 Å². The largest absolute Gasteiger partial charge is 0.444 e. The van der Waals surface area contributed by atoms with Crippen molar-refractivity contribution in [2.45, 2.75) is 58.3 Å². The minimum atomic E-state index is -0.869. The second-order valence-electron chi connectivity index (χ2n) is 8.67. The lowest BCUT2D eigenvalue weighted by Crippen LogP contribution is -2.51. The topological polar surface area (TPSA) is 105 Å². The molecule has 0 saturated carbocycles. The Morgan fingerprint density at radius 2 is 1.76 bits per heavy atom. The maximum atomic E-state index is 13.3. The van der Waals surface area contributed by atoms with Crippen molar-refractivity contribution in [2.75, 3.05) is 27.3 Å². The summed E-state index contributed by atoms with van der Waals surface area (Å²) in [7, 11) is 2.46. The van der Waals surface area contributed by atoms with Gasteiger partial charge in [-0.05, 0) is 45.7 Å². The van der Waals surface area contributed by atoms with Gasteiger partial charge in [-0.2, -0.15) is 0 Å². The summed E-state index contributed by atoms with van der Waals surface area (Å²) < 4.78 is 37.6. The molecular weight excluding hydrogens is 438 g/mol. The predicted molar refractivity (Wildman–Crippen MR) is 118 cm³/mol. The number of rotatable bonds is 7. The molecule has 1 aromatic rings. The number of benzene rings is 1. The molecule has 2 amide bonds. The number of ether oxygens (including phenoxy) is 2. The quantitative estimate of drug-likeness (QED) is 0.592. The lowest BCUT2D eigenvalue weighted by atomic mass is 9.95. The molecule has 0 aromatic heterocycles. The summed E-state index contributed by atoms with van der Waals surface area (Å²) in [6, 6.07) is 2.14. The van der Waals surface area contributed by atoms with Crippen molar-refractivity contribution in [3.63, 3.8) is 0 Å². The third kappa shape index (κ3) is 8.36. The van der Waals surface area contributed by atoms with Crippen molar-refractivity contribution < 1.29 is 37.7 Å². The predicted octanol–water partition coefficient (Wildman–Crippen LogP) is 2.92. The van der Waals surface area contributed by atoms with E-state index >= 15 is 0 Å². The SMILES string of the molecule is CO.COC(C(C)C(=O)NCC(=O)c1cc(F)cc(F)c1)C1CCCN1C(=O)OC(C)(C)C. The molecular formula is C23H34F2N2O6. The van der Waals surface area contributed by atoms with E-state index in [1.165, 1.54) is 7.11 Å². The summed E-state index contributed by atoms with van der Waals surface area (Å²) in [6.45, 7) is 7.06. The first-order valence-electron chi connectivity index (χ1n) is 10.7. The number of carbonyl (C=O) groups is 3. The van der Waals surface area contributed by atoms with Gasteiger partial charge in [0.1, 0.15) is 17.2 Å². The van der Waals surface area contributed by atoms with E-state index in [2.05, 4.69) is 5.32 Å². The molecule has 33 heavy (non-hydrogen) atoms. The summed E-state index contributed by atoms with van der Waals surface area (Å²) in [6.07, 6.45) is 0.322. The molecule has 8 nitrogen and oxygen atoms in total. The van der Waals surface area contributed by atoms with E-state index in [-0.39, 0.29) is 11.6 Å². The zero-order chi connectivity index (χ0) is 25.3. The van der Waals surface area contributed by atoms with Crippen LogP contribution in [0.3, 0.4) is 0 Å². The normalized spacial score (nSPS) is 17.5. The number of Topliss-reactive ketones (excluding diaryl/α,β-unsaturated/α-hetero) is 1. The Hall–Kier alpha value is -2.59. The molecule has 1 fully saturated rings. The zero-order valence-electron chi connectivity index (χ0n) is 20.0. The minimum Gasteiger partial charge on any atom is -0.444 e.